The van der Waals surface area contributed by atoms with Crippen LogP contribution in [-0.2, 0) is 13.0 Å². The Morgan fingerprint density at radius 2 is 1.77 bits per heavy atom. The van der Waals surface area contributed by atoms with E-state index in [0.29, 0.717) is 0 Å². The maximum atomic E-state index is 5.87. The first kappa shape index (κ1) is 20.5. The van der Waals surface area contributed by atoms with E-state index in [2.05, 4.69) is 56.7 Å². The minimum absolute atomic E-state index is 0.274. The van der Waals surface area contributed by atoms with Crippen LogP contribution in [0.15, 0.2) is 36.4 Å². The summed E-state index contributed by atoms with van der Waals surface area (Å²) in [5.74, 6) is 0.996. The number of aromatic nitrogens is 3. The molecule has 1 aromatic carbocycles. The topological polar surface area (TPSA) is 92.0 Å². The van der Waals surface area contributed by atoms with Crippen LogP contribution in [0.4, 0.5) is 11.8 Å². The Balaban J connectivity index is 1.47. The molecule has 4 rings (SSSR count). The second kappa shape index (κ2) is 9.82. The number of nitrogens with two attached hydrogens (primary N) is 1. The molecule has 0 spiro atoms. The summed E-state index contributed by atoms with van der Waals surface area (Å²) in [4.78, 5) is 16.1. The molecule has 1 aliphatic rings. The van der Waals surface area contributed by atoms with Crippen molar-refractivity contribution in [2.75, 3.05) is 43.8 Å². The molecule has 0 bridgehead atoms. The summed E-state index contributed by atoms with van der Waals surface area (Å²) in [5.41, 5.74) is 11.1. The Labute approximate surface area is 178 Å². The van der Waals surface area contributed by atoms with Gasteiger partial charge in [-0.1, -0.05) is 37.6 Å². The van der Waals surface area contributed by atoms with Crippen molar-refractivity contribution in [1.82, 2.24) is 25.2 Å². The molecule has 3 aromatic rings. The Bertz CT molecular complexity index is 965. The van der Waals surface area contributed by atoms with E-state index in [4.69, 9.17) is 10.7 Å². The van der Waals surface area contributed by atoms with Crippen molar-refractivity contribution in [1.29, 1.82) is 0 Å². The van der Waals surface area contributed by atoms with Gasteiger partial charge in [-0.2, -0.15) is 4.98 Å². The lowest BCUT2D eigenvalue weighted by atomic mass is 10.1. The van der Waals surface area contributed by atoms with Crippen LogP contribution < -0.4 is 16.4 Å². The summed E-state index contributed by atoms with van der Waals surface area (Å²) >= 11 is 0. The van der Waals surface area contributed by atoms with E-state index in [9.17, 15) is 0 Å². The molecular weight excluding hydrogens is 374 g/mol. The standard InChI is InChI=1S/C23H31N7/c1-2-3-10-26-22-21-20(28-23(24)29-22)9-8-19(27-21)15-17-4-6-18(7-5-17)16-30-13-11-25-12-14-30/h4-9,25H,2-3,10-16H2,1H3,(H3,24,26,28,29). The Kier molecular flexibility index (Phi) is 6.71. The van der Waals surface area contributed by atoms with Gasteiger partial charge in [-0.3, -0.25) is 4.90 Å². The molecule has 0 atom stereocenters. The number of nitrogen functional groups attached to an aromatic ring is 1. The molecule has 0 saturated carbocycles. The maximum Gasteiger partial charge on any atom is 0.222 e. The van der Waals surface area contributed by atoms with E-state index >= 15 is 0 Å². The first-order valence-electron chi connectivity index (χ1n) is 10.9. The zero-order valence-corrected chi connectivity index (χ0v) is 17.7. The average Bonchev–Trinajstić information content (AvgIpc) is 2.76. The fraction of sp³-hybridized carbons (Fsp3) is 0.435. The number of pyridine rings is 1. The molecule has 30 heavy (non-hydrogen) atoms. The number of hydrogen-bond acceptors (Lipinski definition) is 7. The number of rotatable bonds is 8. The third kappa shape index (κ3) is 5.23. The molecule has 1 fully saturated rings. The Morgan fingerprint density at radius 3 is 2.53 bits per heavy atom. The Hall–Kier alpha value is -2.77. The zero-order valence-electron chi connectivity index (χ0n) is 17.7. The van der Waals surface area contributed by atoms with Gasteiger partial charge in [-0.05, 0) is 29.7 Å². The monoisotopic (exact) mass is 405 g/mol. The van der Waals surface area contributed by atoms with Crippen LogP contribution in [0.5, 0.6) is 0 Å². The van der Waals surface area contributed by atoms with Crippen molar-refractivity contribution < 1.29 is 0 Å². The largest absolute Gasteiger partial charge is 0.368 e. The van der Waals surface area contributed by atoms with Gasteiger partial charge in [0.05, 0.1) is 5.52 Å². The van der Waals surface area contributed by atoms with Crippen LogP contribution in [0.1, 0.15) is 36.6 Å². The summed E-state index contributed by atoms with van der Waals surface area (Å²) in [6, 6.07) is 12.9. The van der Waals surface area contributed by atoms with Crippen molar-refractivity contribution in [2.24, 2.45) is 0 Å². The van der Waals surface area contributed by atoms with Crippen LogP contribution >= 0.6 is 0 Å². The SMILES string of the molecule is CCCCNc1nc(N)nc2ccc(Cc3ccc(CN4CCNCC4)cc3)nc12. The highest BCUT2D eigenvalue weighted by molar-refractivity contribution is 5.86. The predicted molar refractivity (Wildman–Crippen MR) is 123 cm³/mol. The lowest BCUT2D eigenvalue weighted by Gasteiger charge is -2.27. The number of hydrogen-bond donors (Lipinski definition) is 3. The highest BCUT2D eigenvalue weighted by Gasteiger charge is 2.11. The second-order valence-electron chi connectivity index (χ2n) is 7.90. The van der Waals surface area contributed by atoms with Gasteiger partial charge in [0.1, 0.15) is 5.52 Å². The fourth-order valence-corrected chi connectivity index (χ4v) is 3.78. The van der Waals surface area contributed by atoms with Crippen LogP contribution in [0.3, 0.4) is 0 Å². The lowest BCUT2D eigenvalue weighted by molar-refractivity contribution is 0.233. The summed E-state index contributed by atoms with van der Waals surface area (Å²) in [6.07, 6.45) is 2.98. The van der Waals surface area contributed by atoms with Gasteiger partial charge in [0, 0.05) is 51.4 Å². The molecule has 2 aromatic heterocycles. The average molecular weight is 406 g/mol. The minimum atomic E-state index is 0.274. The smallest absolute Gasteiger partial charge is 0.222 e. The van der Waals surface area contributed by atoms with Crippen LogP contribution in [0.25, 0.3) is 11.0 Å². The van der Waals surface area contributed by atoms with Crippen molar-refractivity contribution >= 4 is 22.8 Å². The van der Waals surface area contributed by atoms with Gasteiger partial charge in [-0.15, -0.1) is 0 Å². The fourth-order valence-electron chi connectivity index (χ4n) is 3.78. The van der Waals surface area contributed by atoms with E-state index < -0.39 is 0 Å². The molecule has 0 radical (unpaired) electrons. The molecule has 7 heteroatoms. The number of anilines is 2. The normalized spacial score (nSPS) is 14.8. The number of nitrogens with zero attached hydrogens (tertiary/aromatic N) is 4. The number of nitrogens with one attached hydrogen (secondary N) is 2. The van der Waals surface area contributed by atoms with Gasteiger partial charge in [0.25, 0.3) is 0 Å². The lowest BCUT2D eigenvalue weighted by Crippen LogP contribution is -2.42. The first-order chi connectivity index (χ1) is 14.7. The van der Waals surface area contributed by atoms with Gasteiger partial charge in [0.2, 0.25) is 5.95 Å². The summed E-state index contributed by atoms with van der Waals surface area (Å²) in [6.45, 7) is 8.42. The minimum Gasteiger partial charge on any atom is -0.368 e. The predicted octanol–water partition coefficient (Wildman–Crippen LogP) is 2.82. The molecule has 158 valence electrons. The zero-order chi connectivity index (χ0) is 20.8. The summed E-state index contributed by atoms with van der Waals surface area (Å²) in [5, 5.41) is 6.77. The van der Waals surface area contributed by atoms with Gasteiger partial charge in [0.15, 0.2) is 5.82 Å². The van der Waals surface area contributed by atoms with Gasteiger partial charge in [-0.25, -0.2) is 9.97 Å². The van der Waals surface area contributed by atoms with Crippen molar-refractivity contribution in [2.45, 2.75) is 32.7 Å². The van der Waals surface area contributed by atoms with Gasteiger partial charge < -0.3 is 16.4 Å². The highest BCUT2D eigenvalue weighted by atomic mass is 15.2. The highest BCUT2D eigenvalue weighted by Crippen LogP contribution is 2.21. The molecule has 1 saturated heterocycles. The molecule has 0 unspecified atom stereocenters. The van der Waals surface area contributed by atoms with Crippen LogP contribution in [0, 0.1) is 0 Å². The summed E-state index contributed by atoms with van der Waals surface area (Å²) < 4.78 is 0. The van der Waals surface area contributed by atoms with E-state index in [-0.39, 0.29) is 5.95 Å². The second-order valence-corrected chi connectivity index (χ2v) is 7.90. The molecule has 3 heterocycles. The third-order valence-electron chi connectivity index (χ3n) is 5.46. The molecule has 0 aliphatic carbocycles. The number of piperazine rings is 1. The number of unbranched alkanes of at least 4 members (excludes halogenated alkanes) is 1. The summed E-state index contributed by atoms with van der Waals surface area (Å²) in [7, 11) is 0. The Morgan fingerprint density at radius 1 is 1.00 bits per heavy atom. The number of fused-ring (bicyclic) bond motifs is 1. The van der Waals surface area contributed by atoms with Crippen molar-refractivity contribution in [3.05, 3.63) is 53.2 Å². The van der Waals surface area contributed by atoms with Crippen molar-refractivity contribution in [3.63, 3.8) is 0 Å². The van der Waals surface area contributed by atoms with E-state index in [1.165, 1.54) is 11.1 Å². The molecule has 1 aliphatic heterocycles. The first-order valence-corrected chi connectivity index (χ1v) is 10.9. The van der Waals surface area contributed by atoms with Crippen LogP contribution in [-0.4, -0.2) is 52.6 Å². The van der Waals surface area contributed by atoms with Crippen LogP contribution in [0.2, 0.25) is 0 Å². The van der Waals surface area contributed by atoms with Crippen molar-refractivity contribution in [3.8, 4) is 0 Å². The number of benzene rings is 1. The molecule has 0 amide bonds. The molecular formula is C23H31N7. The third-order valence-corrected chi connectivity index (χ3v) is 5.46. The molecule has 4 N–H and O–H groups in total. The van der Waals surface area contributed by atoms with Gasteiger partial charge >= 0.3 is 0 Å². The van der Waals surface area contributed by atoms with E-state index in [1.807, 2.05) is 12.1 Å². The maximum absolute atomic E-state index is 5.87. The quantitative estimate of drug-likeness (QED) is 0.496. The van der Waals surface area contributed by atoms with E-state index in [1.54, 1.807) is 0 Å². The molecule has 7 nitrogen and oxygen atoms in total. The van der Waals surface area contributed by atoms with E-state index in [0.717, 1.165) is 81.1 Å².